The predicted octanol–water partition coefficient (Wildman–Crippen LogP) is 2.64. The van der Waals surface area contributed by atoms with Crippen LogP contribution in [0.2, 0.25) is 0 Å². The Morgan fingerprint density at radius 3 is 2.62 bits per heavy atom. The second kappa shape index (κ2) is 6.64. The van der Waals surface area contributed by atoms with Gasteiger partial charge < -0.3 is 10.4 Å². The second-order valence-corrected chi connectivity index (χ2v) is 5.78. The molecule has 0 saturated heterocycles. The van der Waals surface area contributed by atoms with Crippen molar-refractivity contribution in [1.29, 1.82) is 0 Å². The lowest BCUT2D eigenvalue weighted by Crippen LogP contribution is -2.29. The van der Waals surface area contributed by atoms with Crippen molar-refractivity contribution >= 4 is 34.4 Å². The standard InChI is InChI=1S/C14H16N4OS2/c1-8-12(9(2)17-18-14(20)15-3)21-13(16-8)10-4-6-11(19)7-5-10/h4-7,19H,1-3H3,(H2,15,18,20)/b17-9+. The van der Waals surface area contributed by atoms with Crippen LogP contribution in [0, 0.1) is 6.92 Å². The second-order valence-electron chi connectivity index (χ2n) is 4.37. The molecule has 0 saturated carbocycles. The van der Waals surface area contributed by atoms with E-state index in [2.05, 4.69) is 20.8 Å². The van der Waals surface area contributed by atoms with Gasteiger partial charge in [0.15, 0.2) is 5.11 Å². The van der Waals surface area contributed by atoms with Crippen molar-refractivity contribution in [2.45, 2.75) is 13.8 Å². The number of aromatic nitrogens is 1. The minimum atomic E-state index is 0.245. The van der Waals surface area contributed by atoms with Crippen LogP contribution < -0.4 is 10.7 Å². The molecule has 0 fully saturated rings. The molecule has 7 heteroatoms. The number of thiocarbonyl (C=S) groups is 1. The lowest BCUT2D eigenvalue weighted by Gasteiger charge is -2.02. The molecular formula is C14H16N4OS2. The summed E-state index contributed by atoms with van der Waals surface area (Å²) in [5.41, 5.74) is 5.48. The monoisotopic (exact) mass is 320 g/mol. The number of nitrogens with one attached hydrogen (secondary N) is 2. The first-order chi connectivity index (χ1) is 10.0. The Morgan fingerprint density at radius 1 is 1.33 bits per heavy atom. The molecule has 0 spiro atoms. The van der Waals surface area contributed by atoms with Gasteiger partial charge in [-0.05, 0) is 50.3 Å². The molecule has 5 nitrogen and oxygen atoms in total. The molecule has 21 heavy (non-hydrogen) atoms. The normalized spacial score (nSPS) is 11.3. The minimum Gasteiger partial charge on any atom is -0.508 e. The number of hydrazone groups is 1. The molecule has 0 amide bonds. The van der Waals surface area contributed by atoms with E-state index >= 15 is 0 Å². The quantitative estimate of drug-likeness (QED) is 0.461. The molecule has 0 aliphatic rings. The summed E-state index contributed by atoms with van der Waals surface area (Å²) in [5.74, 6) is 0.245. The van der Waals surface area contributed by atoms with Gasteiger partial charge in [0, 0.05) is 12.6 Å². The Morgan fingerprint density at radius 2 is 2.00 bits per heavy atom. The van der Waals surface area contributed by atoms with Crippen LogP contribution in [0.1, 0.15) is 17.5 Å². The van der Waals surface area contributed by atoms with Crippen molar-refractivity contribution in [2.24, 2.45) is 5.10 Å². The summed E-state index contributed by atoms with van der Waals surface area (Å²) in [4.78, 5) is 5.56. The van der Waals surface area contributed by atoms with Crippen molar-refractivity contribution in [2.75, 3.05) is 7.05 Å². The van der Waals surface area contributed by atoms with E-state index in [1.807, 2.05) is 26.0 Å². The maximum Gasteiger partial charge on any atom is 0.186 e. The van der Waals surface area contributed by atoms with Gasteiger partial charge in [0.2, 0.25) is 0 Å². The third-order valence-corrected chi connectivity index (χ3v) is 4.40. The average molecular weight is 320 g/mol. The first-order valence-electron chi connectivity index (χ1n) is 6.30. The van der Waals surface area contributed by atoms with E-state index in [4.69, 9.17) is 12.2 Å². The van der Waals surface area contributed by atoms with Gasteiger partial charge in [0.1, 0.15) is 10.8 Å². The van der Waals surface area contributed by atoms with Crippen LogP contribution in [0.4, 0.5) is 0 Å². The van der Waals surface area contributed by atoms with E-state index < -0.39 is 0 Å². The van der Waals surface area contributed by atoms with Gasteiger partial charge in [0.05, 0.1) is 16.3 Å². The van der Waals surface area contributed by atoms with E-state index in [-0.39, 0.29) is 5.75 Å². The van der Waals surface area contributed by atoms with Crippen molar-refractivity contribution in [1.82, 2.24) is 15.7 Å². The van der Waals surface area contributed by atoms with E-state index in [0.29, 0.717) is 5.11 Å². The van der Waals surface area contributed by atoms with Crippen molar-refractivity contribution in [3.63, 3.8) is 0 Å². The van der Waals surface area contributed by atoms with Gasteiger partial charge >= 0.3 is 0 Å². The zero-order valence-electron chi connectivity index (χ0n) is 12.0. The van der Waals surface area contributed by atoms with Crippen molar-refractivity contribution in [3.05, 3.63) is 34.8 Å². The fourth-order valence-corrected chi connectivity index (χ4v) is 2.76. The van der Waals surface area contributed by atoms with Gasteiger partial charge in [-0.1, -0.05) is 0 Å². The molecular weight excluding hydrogens is 304 g/mol. The number of benzene rings is 1. The van der Waals surface area contributed by atoms with E-state index in [1.54, 1.807) is 30.5 Å². The molecule has 1 aromatic carbocycles. The maximum atomic E-state index is 9.33. The van der Waals surface area contributed by atoms with E-state index in [9.17, 15) is 5.11 Å². The smallest absolute Gasteiger partial charge is 0.186 e. The summed E-state index contributed by atoms with van der Waals surface area (Å²) in [7, 11) is 1.74. The number of nitrogens with zero attached hydrogens (tertiary/aromatic N) is 2. The predicted molar refractivity (Wildman–Crippen MR) is 91.0 cm³/mol. The van der Waals surface area contributed by atoms with Gasteiger partial charge in [-0.25, -0.2) is 4.98 Å². The minimum absolute atomic E-state index is 0.245. The van der Waals surface area contributed by atoms with Crippen LogP contribution in [-0.4, -0.2) is 28.0 Å². The van der Waals surface area contributed by atoms with Crippen molar-refractivity contribution < 1.29 is 5.11 Å². The number of phenols is 1. The summed E-state index contributed by atoms with van der Waals surface area (Å²) in [6, 6.07) is 7.00. The fourth-order valence-electron chi connectivity index (χ4n) is 1.70. The molecule has 1 heterocycles. The first-order valence-corrected chi connectivity index (χ1v) is 7.53. The van der Waals surface area contributed by atoms with Crippen molar-refractivity contribution in [3.8, 4) is 16.3 Å². The van der Waals surface area contributed by atoms with Gasteiger partial charge in [-0.3, -0.25) is 5.43 Å². The lowest BCUT2D eigenvalue weighted by molar-refractivity contribution is 0.475. The number of phenolic OH excluding ortho intramolecular Hbond substituents is 1. The topological polar surface area (TPSA) is 69.5 Å². The maximum absolute atomic E-state index is 9.33. The first kappa shape index (κ1) is 15.4. The largest absolute Gasteiger partial charge is 0.508 e. The zero-order chi connectivity index (χ0) is 15.4. The molecule has 110 valence electrons. The third-order valence-electron chi connectivity index (χ3n) is 2.79. The summed E-state index contributed by atoms with van der Waals surface area (Å²) in [5, 5.41) is 17.7. The Hall–Kier alpha value is -1.99. The van der Waals surface area contributed by atoms with E-state index in [0.717, 1.165) is 26.9 Å². The lowest BCUT2D eigenvalue weighted by atomic mass is 10.2. The molecule has 2 rings (SSSR count). The number of aromatic hydroxyl groups is 1. The highest BCUT2D eigenvalue weighted by Gasteiger charge is 2.12. The van der Waals surface area contributed by atoms with Crippen LogP contribution in [-0.2, 0) is 0 Å². The highest BCUT2D eigenvalue weighted by atomic mass is 32.1. The van der Waals surface area contributed by atoms with Gasteiger partial charge in [-0.15, -0.1) is 11.3 Å². The Kier molecular flexibility index (Phi) is 4.87. The van der Waals surface area contributed by atoms with Gasteiger partial charge in [-0.2, -0.15) is 5.10 Å². The Balaban J connectivity index is 2.26. The fraction of sp³-hybridized carbons (Fsp3) is 0.214. The average Bonchev–Trinajstić information content (AvgIpc) is 2.87. The van der Waals surface area contributed by atoms with E-state index in [1.165, 1.54) is 0 Å². The molecule has 0 bridgehead atoms. The summed E-state index contributed by atoms with van der Waals surface area (Å²) < 4.78 is 0. The molecule has 0 radical (unpaired) electrons. The summed E-state index contributed by atoms with van der Waals surface area (Å²) >= 11 is 6.54. The number of aryl methyl sites for hydroxylation is 1. The molecule has 2 aromatic rings. The van der Waals surface area contributed by atoms with Crippen LogP contribution in [0.25, 0.3) is 10.6 Å². The number of hydrogen-bond acceptors (Lipinski definition) is 5. The highest BCUT2D eigenvalue weighted by Crippen LogP contribution is 2.29. The Labute approximate surface area is 132 Å². The Bertz CT molecular complexity index is 677. The molecule has 1 aromatic heterocycles. The SMILES string of the molecule is CNC(=S)N/N=C(\C)c1sc(-c2ccc(O)cc2)nc1C. The van der Waals surface area contributed by atoms with Crippen LogP contribution >= 0.6 is 23.6 Å². The van der Waals surface area contributed by atoms with Crippen LogP contribution in [0.15, 0.2) is 29.4 Å². The van der Waals surface area contributed by atoms with Crippen LogP contribution in [0.3, 0.4) is 0 Å². The molecule has 0 atom stereocenters. The summed E-state index contributed by atoms with van der Waals surface area (Å²) in [6.07, 6.45) is 0. The summed E-state index contributed by atoms with van der Waals surface area (Å²) in [6.45, 7) is 3.86. The molecule has 0 unspecified atom stereocenters. The third kappa shape index (κ3) is 3.77. The number of rotatable bonds is 3. The van der Waals surface area contributed by atoms with Crippen LogP contribution in [0.5, 0.6) is 5.75 Å². The molecule has 3 N–H and O–H groups in total. The molecule has 0 aliphatic carbocycles. The molecule has 0 aliphatic heterocycles. The van der Waals surface area contributed by atoms with Gasteiger partial charge in [0.25, 0.3) is 0 Å². The highest BCUT2D eigenvalue weighted by molar-refractivity contribution is 7.80. The zero-order valence-corrected chi connectivity index (χ0v) is 13.6. The number of thiazole rings is 1. The number of hydrogen-bond donors (Lipinski definition) is 3.